The maximum atomic E-state index is 9.58. The summed E-state index contributed by atoms with van der Waals surface area (Å²) in [6, 6.07) is 29.5. The first-order valence-electron chi connectivity index (χ1n) is 9.20. The number of halogens is 1. The fourth-order valence-corrected chi connectivity index (χ4v) is 4.22. The molecule has 30 heavy (non-hydrogen) atoms. The van der Waals surface area contributed by atoms with Gasteiger partial charge in [0.1, 0.15) is 22.7 Å². The first-order valence-corrected chi connectivity index (χ1v) is 11.3. The van der Waals surface area contributed by atoms with Crippen LogP contribution >= 0.6 is 18.6 Å². The van der Waals surface area contributed by atoms with Crippen molar-refractivity contribution in [2.45, 2.75) is 0 Å². The lowest BCUT2D eigenvalue weighted by atomic mass is 10.0. The second kappa shape index (κ2) is 9.00. The summed E-state index contributed by atoms with van der Waals surface area (Å²) in [6.45, 7) is 0. The average Bonchev–Trinajstić information content (AvgIpc) is 2.90. The third kappa shape index (κ3) is 4.30. The van der Waals surface area contributed by atoms with Crippen molar-refractivity contribution >= 4 is 40.5 Å². The molecule has 4 nitrogen and oxygen atoms in total. The van der Waals surface area contributed by atoms with Crippen molar-refractivity contribution in [3.05, 3.63) is 97.1 Å². The normalized spacial score (nSPS) is 10.4. The Morgan fingerprint density at radius 2 is 0.900 bits per heavy atom. The van der Waals surface area contributed by atoms with Gasteiger partial charge >= 0.3 is 7.37 Å². The average molecular weight is 437 g/mol. The summed E-state index contributed by atoms with van der Waals surface area (Å²) in [5.41, 5.74) is 2.83. The second-order valence-corrected chi connectivity index (χ2v) is 8.04. The molecule has 0 spiro atoms. The summed E-state index contributed by atoms with van der Waals surface area (Å²) in [7, 11) is -1.42. The minimum atomic E-state index is -1.42. The molecule has 0 aliphatic rings. The van der Waals surface area contributed by atoms with E-state index in [1.165, 1.54) is 0 Å². The highest BCUT2D eigenvalue weighted by molar-refractivity contribution is 7.68. The van der Waals surface area contributed by atoms with E-state index in [4.69, 9.17) is 19.6 Å². The predicted molar refractivity (Wildman–Crippen MR) is 123 cm³/mol. The quantitative estimate of drug-likeness (QED) is 0.279. The van der Waals surface area contributed by atoms with E-state index in [1.807, 2.05) is 60.7 Å². The third-order valence-corrected chi connectivity index (χ3v) is 5.60. The standard InChI is InChI=1S/C12H8ClO2P.C12H10O2/c13-16-14-11-7-3-1-5-9(11)10-6-2-4-8-12(10)15-16;13-11-7-3-1-5-9(11)10-6-2-4-8-12(10)14/h1-8H;1-8,13-14H. The molecule has 150 valence electrons. The lowest BCUT2D eigenvalue weighted by Crippen LogP contribution is -1.79. The fraction of sp³-hybridized carbons (Fsp3) is 0. The van der Waals surface area contributed by atoms with Crippen molar-refractivity contribution < 1.29 is 18.6 Å². The van der Waals surface area contributed by atoms with Crippen LogP contribution in [0.3, 0.4) is 0 Å². The summed E-state index contributed by atoms with van der Waals surface area (Å²) >= 11 is 6.00. The van der Waals surface area contributed by atoms with Gasteiger partial charge in [-0.3, -0.25) is 0 Å². The van der Waals surface area contributed by atoms with Crippen LogP contribution in [0.15, 0.2) is 105 Å². The number of hydrogen-bond donors (Lipinski definition) is 2. The number of phenolic OH excluding ortho intramolecular Hbond substituents is 2. The molecule has 0 aliphatic heterocycles. The molecule has 0 unspecified atom stereocenters. The Labute approximate surface area is 178 Å². The Hall–Kier alpha value is -3.33. The SMILES string of the molecule is Clp1oc2ccccc2c2ccccc2o1.Oc1ccccc1-c1ccccc1O. The van der Waals surface area contributed by atoms with Gasteiger partial charge in [-0.25, -0.2) is 0 Å². The van der Waals surface area contributed by atoms with Crippen LogP contribution in [-0.2, 0) is 0 Å². The van der Waals surface area contributed by atoms with Crippen LogP contribution < -0.4 is 0 Å². The van der Waals surface area contributed by atoms with Crippen molar-refractivity contribution in [1.82, 2.24) is 0 Å². The summed E-state index contributed by atoms with van der Waals surface area (Å²) in [5.74, 6) is 0.350. The third-order valence-electron chi connectivity index (χ3n) is 4.50. The second-order valence-electron chi connectivity index (χ2n) is 6.42. The van der Waals surface area contributed by atoms with Gasteiger partial charge in [-0.2, -0.15) is 0 Å². The molecule has 6 heteroatoms. The number of hydrogen-bond acceptors (Lipinski definition) is 4. The number of para-hydroxylation sites is 4. The zero-order chi connectivity index (χ0) is 20.9. The number of fused-ring (bicyclic) bond motifs is 3. The van der Waals surface area contributed by atoms with E-state index in [0.29, 0.717) is 11.1 Å². The van der Waals surface area contributed by atoms with E-state index in [0.717, 1.165) is 21.9 Å². The molecule has 0 atom stereocenters. The number of rotatable bonds is 1. The smallest absolute Gasteiger partial charge is 0.327 e. The Balaban J connectivity index is 0.000000147. The maximum Gasteiger partial charge on any atom is 0.327 e. The molecule has 0 fully saturated rings. The summed E-state index contributed by atoms with van der Waals surface area (Å²) in [5, 5.41) is 21.2. The van der Waals surface area contributed by atoms with Gasteiger partial charge < -0.3 is 18.6 Å². The molecule has 1 aromatic heterocycles. The van der Waals surface area contributed by atoms with Gasteiger partial charge in [-0.05, 0) is 24.3 Å². The Kier molecular flexibility index (Phi) is 5.99. The summed E-state index contributed by atoms with van der Waals surface area (Å²) in [4.78, 5) is 0. The zero-order valence-corrected chi connectivity index (χ0v) is 17.4. The highest BCUT2D eigenvalue weighted by Gasteiger charge is 2.06. The first kappa shape index (κ1) is 20.0. The number of benzene rings is 4. The van der Waals surface area contributed by atoms with Crippen molar-refractivity contribution in [3.63, 3.8) is 0 Å². The molecule has 5 rings (SSSR count). The van der Waals surface area contributed by atoms with Crippen LogP contribution in [-0.4, -0.2) is 10.2 Å². The summed E-state index contributed by atoms with van der Waals surface area (Å²) < 4.78 is 11.1. The Bertz CT molecular complexity index is 1250. The molecule has 0 amide bonds. The van der Waals surface area contributed by atoms with E-state index < -0.39 is 7.37 Å². The van der Waals surface area contributed by atoms with E-state index >= 15 is 0 Å². The van der Waals surface area contributed by atoms with Gasteiger partial charge in [0.2, 0.25) is 0 Å². The van der Waals surface area contributed by atoms with Crippen LogP contribution in [0.25, 0.3) is 33.1 Å². The molecule has 5 aromatic rings. The largest absolute Gasteiger partial charge is 0.507 e. The van der Waals surface area contributed by atoms with Gasteiger partial charge in [0.25, 0.3) is 0 Å². The van der Waals surface area contributed by atoms with E-state index in [1.54, 1.807) is 36.4 Å². The number of phenols is 2. The van der Waals surface area contributed by atoms with Gasteiger partial charge in [-0.1, -0.05) is 72.8 Å². The monoisotopic (exact) mass is 436 g/mol. The molecular formula is C24H18ClO4P. The van der Waals surface area contributed by atoms with Crippen LogP contribution in [0, 0.1) is 0 Å². The topological polar surface area (TPSA) is 66.7 Å². The van der Waals surface area contributed by atoms with Crippen LogP contribution in [0.4, 0.5) is 0 Å². The molecular weight excluding hydrogens is 419 g/mol. The first-order chi connectivity index (χ1) is 14.6. The van der Waals surface area contributed by atoms with E-state index in [2.05, 4.69) is 0 Å². The van der Waals surface area contributed by atoms with Crippen LogP contribution in [0.2, 0.25) is 0 Å². The van der Waals surface area contributed by atoms with Crippen molar-refractivity contribution in [1.29, 1.82) is 0 Å². The molecule has 0 saturated heterocycles. The Morgan fingerprint density at radius 3 is 1.33 bits per heavy atom. The Morgan fingerprint density at radius 1 is 0.533 bits per heavy atom. The van der Waals surface area contributed by atoms with Crippen LogP contribution in [0.1, 0.15) is 0 Å². The van der Waals surface area contributed by atoms with E-state index in [9.17, 15) is 10.2 Å². The lowest BCUT2D eigenvalue weighted by Gasteiger charge is -2.05. The highest BCUT2D eigenvalue weighted by atomic mass is 35.7. The molecule has 0 radical (unpaired) electrons. The maximum absolute atomic E-state index is 9.58. The van der Waals surface area contributed by atoms with Gasteiger partial charge in [0, 0.05) is 33.1 Å². The number of aromatic hydroxyl groups is 2. The molecule has 0 aliphatic carbocycles. The molecule has 0 saturated carbocycles. The van der Waals surface area contributed by atoms with E-state index in [-0.39, 0.29) is 11.5 Å². The molecule has 2 N–H and O–H groups in total. The summed E-state index contributed by atoms with van der Waals surface area (Å²) in [6.07, 6.45) is 0. The van der Waals surface area contributed by atoms with Crippen molar-refractivity contribution in [2.75, 3.05) is 0 Å². The zero-order valence-electron chi connectivity index (χ0n) is 15.8. The van der Waals surface area contributed by atoms with Crippen molar-refractivity contribution in [3.8, 4) is 22.6 Å². The highest BCUT2D eigenvalue weighted by Crippen LogP contribution is 2.37. The minimum Gasteiger partial charge on any atom is -0.507 e. The fourth-order valence-electron chi connectivity index (χ4n) is 3.11. The van der Waals surface area contributed by atoms with Gasteiger partial charge in [0.15, 0.2) is 0 Å². The predicted octanol–water partition coefficient (Wildman–Crippen LogP) is 8.06. The molecule has 4 aromatic carbocycles. The molecule has 0 bridgehead atoms. The van der Waals surface area contributed by atoms with Gasteiger partial charge in [-0.15, -0.1) is 0 Å². The van der Waals surface area contributed by atoms with Gasteiger partial charge in [0.05, 0.1) is 0 Å². The lowest BCUT2D eigenvalue weighted by molar-refractivity contribution is 0.469. The van der Waals surface area contributed by atoms with Crippen molar-refractivity contribution in [2.24, 2.45) is 0 Å². The molecule has 1 heterocycles. The minimum absolute atomic E-state index is 0.175. The van der Waals surface area contributed by atoms with Crippen LogP contribution in [0.5, 0.6) is 11.5 Å².